The molecule has 2 fully saturated rings. The number of β-amino-alcohol motifs (C(OH)–C–C–N with tert-alkyl or cyclic N) is 1. The maximum Gasteiger partial charge on any atom is 0.276 e. The van der Waals surface area contributed by atoms with E-state index < -0.39 is 15.8 Å². The van der Waals surface area contributed by atoms with Gasteiger partial charge in [0, 0.05) is 52.9 Å². The monoisotopic (exact) mass is 350 g/mol. The Balaban J connectivity index is 1.92. The molecule has 0 aromatic rings. The summed E-state index contributed by atoms with van der Waals surface area (Å²) < 4.78 is 28.8. The zero-order valence-corrected chi connectivity index (χ0v) is 14.3. The van der Waals surface area contributed by atoms with Gasteiger partial charge in [-0.3, -0.25) is 9.69 Å². The van der Waals surface area contributed by atoms with Crippen molar-refractivity contribution in [3.63, 3.8) is 0 Å². The van der Waals surface area contributed by atoms with Crippen molar-refractivity contribution in [1.29, 1.82) is 0 Å². The van der Waals surface area contributed by atoms with Crippen molar-refractivity contribution in [1.82, 2.24) is 14.1 Å². The Kier molecular flexibility index (Phi) is 5.98. The van der Waals surface area contributed by atoms with Crippen molar-refractivity contribution in [3.8, 4) is 0 Å². The average molecular weight is 350 g/mol. The molecule has 1 amide bonds. The van der Waals surface area contributed by atoms with Crippen LogP contribution in [-0.4, -0.2) is 98.7 Å². The first kappa shape index (κ1) is 18.6. The second-order valence-electron chi connectivity index (χ2n) is 6.14. The van der Waals surface area contributed by atoms with Gasteiger partial charge in [-0.15, -0.1) is 0 Å². The smallest absolute Gasteiger partial charge is 0.276 e. The van der Waals surface area contributed by atoms with E-state index in [1.165, 1.54) is 4.31 Å². The highest BCUT2D eigenvalue weighted by atomic mass is 32.2. The fourth-order valence-corrected chi connectivity index (χ4v) is 3.81. The van der Waals surface area contributed by atoms with Gasteiger partial charge in [0.2, 0.25) is 0 Å². The van der Waals surface area contributed by atoms with Crippen molar-refractivity contribution in [2.75, 3.05) is 59.5 Å². The molecule has 9 nitrogen and oxygen atoms in total. The van der Waals surface area contributed by atoms with E-state index in [0.717, 1.165) is 6.42 Å². The molecule has 1 atom stereocenters. The minimum absolute atomic E-state index is 0.216. The molecule has 0 aromatic heterocycles. The van der Waals surface area contributed by atoms with Gasteiger partial charge < -0.3 is 14.7 Å². The molecule has 1 unspecified atom stereocenters. The molecule has 0 saturated carbocycles. The van der Waals surface area contributed by atoms with Crippen LogP contribution in [0.3, 0.4) is 0 Å². The maximum atomic E-state index is 12.5. The van der Waals surface area contributed by atoms with Crippen molar-refractivity contribution in [3.05, 3.63) is 0 Å². The summed E-state index contributed by atoms with van der Waals surface area (Å²) in [7, 11) is -2.10. The van der Waals surface area contributed by atoms with E-state index in [9.17, 15) is 18.3 Å². The van der Waals surface area contributed by atoms with Gasteiger partial charge in [-0.2, -0.15) is 12.7 Å². The molecule has 0 aliphatic carbocycles. The molecule has 0 aromatic carbocycles. The van der Waals surface area contributed by atoms with Gasteiger partial charge in [0.05, 0.1) is 6.61 Å². The fourth-order valence-electron chi connectivity index (χ4n) is 3.14. The summed E-state index contributed by atoms with van der Waals surface area (Å²) in [6.07, 6.45) is 1.16. The number of nitrogens with two attached hydrogens (primary N) is 1. The van der Waals surface area contributed by atoms with Gasteiger partial charge in [-0.25, -0.2) is 5.14 Å². The molecule has 2 rings (SSSR count). The van der Waals surface area contributed by atoms with Crippen molar-refractivity contribution in [2.45, 2.75) is 18.4 Å². The van der Waals surface area contributed by atoms with E-state index >= 15 is 0 Å². The van der Waals surface area contributed by atoms with Crippen molar-refractivity contribution >= 4 is 16.1 Å². The first-order valence-corrected chi connectivity index (χ1v) is 9.27. The Bertz CT molecular complexity index is 520. The average Bonchev–Trinajstić information content (AvgIpc) is 2.48. The van der Waals surface area contributed by atoms with Gasteiger partial charge >= 0.3 is 0 Å². The van der Waals surface area contributed by atoms with Crippen LogP contribution < -0.4 is 5.14 Å². The highest BCUT2D eigenvalue weighted by molar-refractivity contribution is 7.86. The Morgan fingerprint density at radius 3 is 2.48 bits per heavy atom. The van der Waals surface area contributed by atoms with Crippen LogP contribution in [-0.2, 0) is 19.7 Å². The first-order chi connectivity index (χ1) is 10.8. The van der Waals surface area contributed by atoms with Gasteiger partial charge in [0.15, 0.2) is 5.60 Å². The van der Waals surface area contributed by atoms with E-state index in [-0.39, 0.29) is 25.5 Å². The van der Waals surface area contributed by atoms with Crippen LogP contribution in [0, 0.1) is 0 Å². The summed E-state index contributed by atoms with van der Waals surface area (Å²) in [4.78, 5) is 16.1. The molecule has 23 heavy (non-hydrogen) atoms. The number of likely N-dealkylation sites (tertiary alicyclic amines) is 1. The van der Waals surface area contributed by atoms with E-state index in [2.05, 4.69) is 0 Å². The second-order valence-corrected chi connectivity index (χ2v) is 7.69. The number of piperidine rings is 1. The van der Waals surface area contributed by atoms with E-state index in [1.54, 1.807) is 12.0 Å². The number of aliphatic hydroxyl groups is 1. The van der Waals surface area contributed by atoms with Gasteiger partial charge in [0.25, 0.3) is 16.1 Å². The van der Waals surface area contributed by atoms with Crippen LogP contribution >= 0.6 is 0 Å². The predicted octanol–water partition coefficient (Wildman–Crippen LogP) is -2.19. The Hall–Kier alpha value is -0.780. The number of amides is 1. The van der Waals surface area contributed by atoms with E-state index in [0.29, 0.717) is 39.2 Å². The topological polar surface area (TPSA) is 116 Å². The van der Waals surface area contributed by atoms with E-state index in [1.807, 2.05) is 4.90 Å². The lowest BCUT2D eigenvalue weighted by molar-refractivity contribution is -0.160. The zero-order chi connectivity index (χ0) is 17.1. The Morgan fingerprint density at radius 2 is 1.91 bits per heavy atom. The molecule has 2 saturated heterocycles. The molecule has 2 heterocycles. The summed E-state index contributed by atoms with van der Waals surface area (Å²) in [6.45, 7) is 3.20. The molecule has 0 bridgehead atoms. The van der Waals surface area contributed by atoms with Gasteiger partial charge in [0.1, 0.15) is 0 Å². The summed E-state index contributed by atoms with van der Waals surface area (Å²) in [5.74, 6) is -0.269. The quantitative estimate of drug-likeness (QED) is 0.562. The lowest BCUT2D eigenvalue weighted by atomic mass is 9.91. The van der Waals surface area contributed by atoms with Crippen LogP contribution in [0.5, 0.6) is 0 Å². The minimum Gasteiger partial charge on any atom is -0.383 e. The summed E-state index contributed by atoms with van der Waals surface area (Å²) in [5, 5.41) is 15.9. The predicted molar refractivity (Wildman–Crippen MR) is 83.8 cm³/mol. The highest BCUT2D eigenvalue weighted by Crippen LogP contribution is 2.24. The van der Waals surface area contributed by atoms with Crippen LogP contribution in [0.2, 0.25) is 0 Å². The highest BCUT2D eigenvalue weighted by Gasteiger charge is 2.43. The molecular weight excluding hydrogens is 324 g/mol. The number of carbonyl (C=O) groups is 1. The second kappa shape index (κ2) is 7.41. The standard InChI is InChI=1S/C13H26N4O5S/c1-22-10-9-16-4-2-3-13(19,12(16)18)11-15-5-7-17(8-6-15)23(14,20)21/h19H,2-11H2,1H3,(H2,14,20,21). The lowest BCUT2D eigenvalue weighted by Gasteiger charge is -2.42. The molecule has 2 aliphatic heterocycles. The normalized spacial score (nSPS) is 28.3. The SMILES string of the molecule is COCCN1CCCC(O)(CN2CCN(S(N)(=O)=O)CC2)C1=O. The number of ether oxygens (including phenoxy) is 1. The summed E-state index contributed by atoms with van der Waals surface area (Å²) >= 11 is 0. The number of methoxy groups -OCH3 is 1. The largest absolute Gasteiger partial charge is 0.383 e. The molecule has 134 valence electrons. The number of carbonyl (C=O) groups excluding carboxylic acids is 1. The summed E-state index contributed by atoms with van der Waals surface area (Å²) in [5.41, 5.74) is -1.41. The zero-order valence-electron chi connectivity index (χ0n) is 13.5. The third-order valence-corrected chi connectivity index (χ3v) is 5.53. The maximum absolute atomic E-state index is 12.5. The van der Waals surface area contributed by atoms with Crippen LogP contribution in [0.1, 0.15) is 12.8 Å². The molecule has 0 spiro atoms. The Morgan fingerprint density at radius 1 is 1.26 bits per heavy atom. The molecule has 3 N–H and O–H groups in total. The minimum atomic E-state index is -3.67. The number of hydrogen-bond donors (Lipinski definition) is 2. The van der Waals surface area contributed by atoms with Crippen LogP contribution in [0.15, 0.2) is 0 Å². The van der Waals surface area contributed by atoms with Crippen molar-refractivity contribution in [2.24, 2.45) is 5.14 Å². The van der Waals surface area contributed by atoms with Crippen LogP contribution in [0.25, 0.3) is 0 Å². The summed E-state index contributed by atoms with van der Waals surface area (Å²) in [6, 6.07) is 0. The van der Waals surface area contributed by atoms with Crippen molar-refractivity contribution < 1.29 is 23.1 Å². The van der Waals surface area contributed by atoms with Gasteiger partial charge in [-0.1, -0.05) is 0 Å². The third-order valence-electron chi connectivity index (χ3n) is 4.45. The van der Waals surface area contributed by atoms with E-state index in [4.69, 9.17) is 9.88 Å². The molecule has 0 radical (unpaired) electrons. The number of nitrogens with zero attached hydrogens (tertiary/aromatic N) is 3. The number of rotatable bonds is 6. The first-order valence-electron chi connectivity index (χ1n) is 7.77. The lowest BCUT2D eigenvalue weighted by Crippen LogP contribution is -2.61. The van der Waals surface area contributed by atoms with Gasteiger partial charge in [-0.05, 0) is 12.8 Å². The Labute approximate surface area is 137 Å². The number of piperazine rings is 1. The molecule has 2 aliphatic rings. The van der Waals surface area contributed by atoms with Crippen LogP contribution in [0.4, 0.5) is 0 Å². The number of hydrogen-bond acceptors (Lipinski definition) is 6. The fraction of sp³-hybridized carbons (Fsp3) is 0.923. The molecule has 10 heteroatoms. The third kappa shape index (κ3) is 4.61. The molecular formula is C13H26N4O5S.